The molecule has 0 saturated carbocycles. The van der Waals surface area contributed by atoms with E-state index in [-0.39, 0.29) is 6.10 Å². The van der Waals surface area contributed by atoms with Crippen LogP contribution in [0.15, 0.2) is 48.7 Å². The molecule has 0 spiro atoms. The Morgan fingerprint density at radius 2 is 1.75 bits per heavy atom. The molecule has 1 aliphatic rings. The number of rotatable bonds is 3. The number of pyridine rings is 2. The van der Waals surface area contributed by atoms with E-state index in [1.807, 2.05) is 30.3 Å². The highest BCUT2D eigenvalue weighted by atomic mass is 35.5. The van der Waals surface area contributed by atoms with Gasteiger partial charge in [0.2, 0.25) is 0 Å². The highest BCUT2D eigenvalue weighted by molar-refractivity contribution is 6.07. The first kappa shape index (κ1) is 19.0. The second-order valence-corrected chi connectivity index (χ2v) is 6.96. The minimum atomic E-state index is -4.44. The number of hydrogen-bond donors (Lipinski definition) is 0. The maximum absolute atomic E-state index is 12.7. The zero-order valence-electron chi connectivity index (χ0n) is 14.8. The molecule has 3 aromatic rings. The van der Waals surface area contributed by atoms with E-state index in [1.165, 1.54) is 12.3 Å². The molecule has 28 heavy (non-hydrogen) atoms. The van der Waals surface area contributed by atoms with Gasteiger partial charge in [-0.1, -0.05) is 12.1 Å². The van der Waals surface area contributed by atoms with Crippen molar-refractivity contribution in [3.63, 3.8) is 0 Å². The average Bonchev–Trinajstić information content (AvgIpc) is 2.72. The standard InChI is InChI=1S/C20H17ClF3N3O/c21-28-16-7-9-27(10-8-16)19-6-3-14-11-13(1-4-17(14)26-19)15-2-5-18(25-12-15)20(22,23)24/h1-6,11-12,16H,7-10H2. The van der Waals surface area contributed by atoms with Gasteiger partial charge in [-0.15, -0.1) is 0 Å². The fourth-order valence-electron chi connectivity index (χ4n) is 3.38. The predicted octanol–water partition coefficient (Wildman–Crippen LogP) is 5.45. The van der Waals surface area contributed by atoms with Gasteiger partial charge in [-0.3, -0.25) is 9.27 Å². The first-order valence-corrected chi connectivity index (χ1v) is 9.22. The number of anilines is 1. The van der Waals surface area contributed by atoms with Gasteiger partial charge in [0.1, 0.15) is 11.5 Å². The predicted molar refractivity (Wildman–Crippen MR) is 102 cm³/mol. The Morgan fingerprint density at radius 3 is 2.39 bits per heavy atom. The van der Waals surface area contributed by atoms with Gasteiger partial charge in [0.05, 0.1) is 23.5 Å². The zero-order valence-corrected chi connectivity index (χ0v) is 15.5. The molecule has 0 aliphatic carbocycles. The van der Waals surface area contributed by atoms with Crippen LogP contribution >= 0.6 is 11.9 Å². The Labute approximate surface area is 165 Å². The van der Waals surface area contributed by atoms with Gasteiger partial charge in [-0.05, 0) is 48.7 Å². The quantitative estimate of drug-likeness (QED) is 0.578. The summed E-state index contributed by atoms with van der Waals surface area (Å²) in [7, 11) is 0. The van der Waals surface area contributed by atoms with Crippen molar-refractivity contribution in [3.8, 4) is 11.1 Å². The first-order valence-electron chi connectivity index (χ1n) is 8.91. The minimum Gasteiger partial charge on any atom is -0.356 e. The summed E-state index contributed by atoms with van der Waals surface area (Å²) in [5, 5.41) is 0.917. The van der Waals surface area contributed by atoms with E-state index in [1.54, 1.807) is 0 Å². The molecular formula is C20H17ClF3N3O. The van der Waals surface area contributed by atoms with E-state index in [0.717, 1.165) is 54.3 Å². The summed E-state index contributed by atoms with van der Waals surface area (Å²) in [6, 6.07) is 12.0. The lowest BCUT2D eigenvalue weighted by molar-refractivity contribution is -0.141. The summed E-state index contributed by atoms with van der Waals surface area (Å²) in [6.07, 6.45) is -1.41. The average molecular weight is 408 g/mol. The normalized spacial score (nSPS) is 15.9. The lowest BCUT2D eigenvalue weighted by Gasteiger charge is -2.31. The molecule has 0 N–H and O–H groups in total. The summed E-state index contributed by atoms with van der Waals surface area (Å²) in [5.74, 6) is 0.893. The van der Waals surface area contributed by atoms with E-state index in [2.05, 4.69) is 9.88 Å². The summed E-state index contributed by atoms with van der Waals surface area (Å²) >= 11 is 5.45. The number of aromatic nitrogens is 2. The van der Waals surface area contributed by atoms with Crippen LogP contribution in [0.1, 0.15) is 18.5 Å². The smallest absolute Gasteiger partial charge is 0.356 e. The van der Waals surface area contributed by atoms with Crippen LogP contribution in [-0.4, -0.2) is 29.2 Å². The van der Waals surface area contributed by atoms with Crippen LogP contribution in [0, 0.1) is 0 Å². The lowest BCUT2D eigenvalue weighted by atomic mass is 10.0. The fraction of sp³-hybridized carbons (Fsp3) is 0.300. The van der Waals surface area contributed by atoms with Crippen LogP contribution in [0.4, 0.5) is 19.0 Å². The molecule has 1 aromatic carbocycles. The fourth-order valence-corrected chi connectivity index (χ4v) is 3.55. The topological polar surface area (TPSA) is 38.2 Å². The minimum absolute atomic E-state index is 0.0817. The van der Waals surface area contributed by atoms with Crippen molar-refractivity contribution in [1.82, 2.24) is 9.97 Å². The lowest BCUT2D eigenvalue weighted by Crippen LogP contribution is -2.36. The highest BCUT2D eigenvalue weighted by Gasteiger charge is 2.32. The van der Waals surface area contributed by atoms with Crippen molar-refractivity contribution in [2.45, 2.75) is 25.1 Å². The molecule has 146 valence electrons. The molecule has 4 nitrogen and oxygen atoms in total. The molecule has 0 unspecified atom stereocenters. The number of benzene rings is 1. The maximum atomic E-state index is 12.7. The van der Waals surface area contributed by atoms with Crippen molar-refractivity contribution in [2.75, 3.05) is 18.0 Å². The number of alkyl halides is 3. The summed E-state index contributed by atoms with van der Waals surface area (Å²) < 4.78 is 42.9. The van der Waals surface area contributed by atoms with E-state index < -0.39 is 11.9 Å². The Bertz CT molecular complexity index is 971. The third-order valence-corrected chi connectivity index (χ3v) is 5.21. The molecular weight excluding hydrogens is 391 g/mol. The Balaban J connectivity index is 1.57. The van der Waals surface area contributed by atoms with Crippen LogP contribution < -0.4 is 4.90 Å². The third-order valence-electron chi connectivity index (χ3n) is 4.95. The van der Waals surface area contributed by atoms with Crippen LogP contribution in [-0.2, 0) is 10.5 Å². The summed E-state index contributed by atoms with van der Waals surface area (Å²) in [6.45, 7) is 1.65. The summed E-state index contributed by atoms with van der Waals surface area (Å²) in [5.41, 5.74) is 1.36. The Kier molecular flexibility index (Phi) is 5.12. The largest absolute Gasteiger partial charge is 0.433 e. The van der Waals surface area contributed by atoms with Gasteiger partial charge in [0.15, 0.2) is 0 Å². The van der Waals surface area contributed by atoms with Crippen LogP contribution in [0.3, 0.4) is 0 Å². The van der Waals surface area contributed by atoms with Gasteiger partial charge in [-0.25, -0.2) is 4.98 Å². The number of fused-ring (bicyclic) bond motifs is 1. The van der Waals surface area contributed by atoms with Crippen LogP contribution in [0.5, 0.6) is 0 Å². The van der Waals surface area contributed by atoms with Crippen LogP contribution in [0.2, 0.25) is 0 Å². The second-order valence-electron chi connectivity index (χ2n) is 6.78. The molecule has 1 saturated heterocycles. The van der Waals surface area contributed by atoms with Crippen molar-refractivity contribution in [1.29, 1.82) is 0 Å². The number of nitrogens with zero attached hydrogens (tertiary/aromatic N) is 3. The van der Waals surface area contributed by atoms with Crippen molar-refractivity contribution in [3.05, 3.63) is 54.4 Å². The van der Waals surface area contributed by atoms with Crippen LogP contribution in [0.25, 0.3) is 22.0 Å². The molecule has 0 radical (unpaired) electrons. The van der Waals surface area contributed by atoms with E-state index >= 15 is 0 Å². The molecule has 8 heteroatoms. The monoisotopic (exact) mass is 407 g/mol. The zero-order chi connectivity index (χ0) is 19.7. The van der Waals surface area contributed by atoms with E-state index in [4.69, 9.17) is 21.1 Å². The van der Waals surface area contributed by atoms with Crippen molar-refractivity contribution < 1.29 is 17.5 Å². The molecule has 1 aliphatic heterocycles. The molecule has 1 fully saturated rings. The number of hydrogen-bond acceptors (Lipinski definition) is 4. The Morgan fingerprint density at radius 1 is 1.00 bits per heavy atom. The SMILES string of the molecule is FC(F)(F)c1ccc(-c2ccc3nc(N4CCC(OCl)CC4)ccc3c2)cn1. The molecule has 0 atom stereocenters. The molecule has 4 rings (SSSR count). The van der Waals surface area contributed by atoms with Gasteiger partial charge in [0, 0.05) is 30.2 Å². The van der Waals surface area contributed by atoms with E-state index in [0.29, 0.717) is 5.56 Å². The van der Waals surface area contributed by atoms with Crippen molar-refractivity contribution in [2.24, 2.45) is 0 Å². The molecule has 2 aromatic heterocycles. The van der Waals surface area contributed by atoms with Gasteiger partial charge in [-0.2, -0.15) is 13.2 Å². The number of piperidine rings is 1. The first-order chi connectivity index (χ1) is 13.4. The molecule has 0 amide bonds. The number of halogens is 4. The maximum Gasteiger partial charge on any atom is 0.433 e. The van der Waals surface area contributed by atoms with Gasteiger partial charge in [0.25, 0.3) is 0 Å². The molecule has 0 bridgehead atoms. The van der Waals surface area contributed by atoms with E-state index in [9.17, 15) is 13.2 Å². The molecule has 3 heterocycles. The second kappa shape index (κ2) is 7.56. The van der Waals surface area contributed by atoms with Gasteiger partial charge >= 0.3 is 6.18 Å². The highest BCUT2D eigenvalue weighted by Crippen LogP contribution is 2.30. The Hall–Kier alpha value is -2.38. The summed E-state index contributed by atoms with van der Waals surface area (Å²) in [4.78, 5) is 10.4. The van der Waals surface area contributed by atoms with Crippen molar-refractivity contribution >= 4 is 28.6 Å². The van der Waals surface area contributed by atoms with Gasteiger partial charge < -0.3 is 4.90 Å². The third kappa shape index (κ3) is 3.91.